The molecule has 236 valence electrons. The van der Waals surface area contributed by atoms with Crippen molar-refractivity contribution in [2.75, 3.05) is 65.3 Å². The molecule has 0 radical (unpaired) electrons. The van der Waals surface area contributed by atoms with Gasteiger partial charge in [-0.3, -0.25) is 19.2 Å². The molecular weight excluding hydrogens is 589 g/mol. The SMILES string of the molecule is CN(C)CCCCNC(=O)c1cn2c3cc4c(=O)c5ccccc5c(=O)c4cc3oc3c(N4CCN(C)CC4)c(F)cc(c1=O)c32. The molecule has 1 aliphatic rings. The number of nitrogens with zero attached hydrogens (tertiary/aromatic N) is 4. The van der Waals surface area contributed by atoms with Crippen LogP contribution in [0.5, 0.6) is 0 Å². The summed E-state index contributed by atoms with van der Waals surface area (Å²) in [6.45, 7) is 3.72. The minimum absolute atomic E-state index is 0.0123. The molecule has 0 spiro atoms. The largest absolute Gasteiger partial charge is 0.451 e. The fourth-order valence-corrected chi connectivity index (χ4v) is 6.53. The maximum absolute atomic E-state index is 16.1. The molecule has 1 amide bonds. The smallest absolute Gasteiger partial charge is 0.256 e. The van der Waals surface area contributed by atoms with Crippen LogP contribution in [0.4, 0.5) is 10.1 Å². The van der Waals surface area contributed by atoms with Gasteiger partial charge >= 0.3 is 0 Å². The number of aromatic nitrogens is 1. The summed E-state index contributed by atoms with van der Waals surface area (Å²) >= 11 is 0. The Morgan fingerprint density at radius 3 is 2.24 bits per heavy atom. The van der Waals surface area contributed by atoms with Gasteiger partial charge in [0.1, 0.15) is 16.8 Å². The van der Waals surface area contributed by atoms with E-state index in [1.807, 2.05) is 26.0 Å². The lowest BCUT2D eigenvalue weighted by atomic mass is 10.0. The van der Waals surface area contributed by atoms with Crippen molar-refractivity contribution in [3.8, 4) is 0 Å². The normalized spacial score (nSPS) is 14.5. The molecule has 0 saturated carbocycles. The van der Waals surface area contributed by atoms with Crippen LogP contribution in [0.2, 0.25) is 0 Å². The van der Waals surface area contributed by atoms with Crippen LogP contribution in [-0.2, 0) is 0 Å². The van der Waals surface area contributed by atoms with Crippen molar-refractivity contribution in [3.05, 3.63) is 90.7 Å². The molecule has 2 aromatic heterocycles. The van der Waals surface area contributed by atoms with Gasteiger partial charge in [0.25, 0.3) is 5.91 Å². The van der Waals surface area contributed by atoms with Crippen LogP contribution in [0.15, 0.2) is 67.5 Å². The maximum Gasteiger partial charge on any atom is 0.256 e. The topological polar surface area (TPSA) is 108 Å². The number of carbonyl (C=O) groups excluding carboxylic acids is 1. The number of fused-ring (bicyclic) bond motifs is 4. The Morgan fingerprint density at radius 2 is 1.57 bits per heavy atom. The van der Waals surface area contributed by atoms with E-state index in [4.69, 9.17) is 4.42 Å². The van der Waals surface area contributed by atoms with E-state index in [9.17, 15) is 19.2 Å². The van der Waals surface area contributed by atoms with Crippen LogP contribution >= 0.6 is 0 Å². The molecule has 1 N–H and O–H groups in total. The molecular formula is C35H34FN5O5. The van der Waals surface area contributed by atoms with E-state index in [0.29, 0.717) is 54.5 Å². The Balaban J connectivity index is 1.51. The number of likely N-dealkylation sites (N-methyl/N-ethyl adjacent to an activating group) is 1. The van der Waals surface area contributed by atoms with Gasteiger partial charge in [-0.1, -0.05) is 24.3 Å². The first-order valence-electron chi connectivity index (χ1n) is 15.5. The van der Waals surface area contributed by atoms with Gasteiger partial charge in [0.05, 0.1) is 10.9 Å². The number of hydrogen-bond donors (Lipinski definition) is 1. The number of benzene rings is 4. The molecule has 10 nitrogen and oxygen atoms in total. The number of piperazine rings is 1. The van der Waals surface area contributed by atoms with Crippen molar-refractivity contribution in [2.24, 2.45) is 0 Å². The van der Waals surface area contributed by atoms with E-state index < -0.39 is 17.2 Å². The third kappa shape index (κ3) is 4.87. The predicted octanol–water partition coefficient (Wildman–Crippen LogP) is 3.63. The second-order valence-electron chi connectivity index (χ2n) is 12.4. The van der Waals surface area contributed by atoms with Crippen LogP contribution in [0, 0.1) is 5.82 Å². The van der Waals surface area contributed by atoms with Crippen LogP contribution in [-0.4, -0.2) is 80.5 Å². The summed E-state index contributed by atoms with van der Waals surface area (Å²) in [4.78, 5) is 60.5. The highest BCUT2D eigenvalue weighted by molar-refractivity contribution is 6.08. The molecule has 1 saturated heterocycles. The van der Waals surface area contributed by atoms with Gasteiger partial charge in [-0.05, 0) is 58.7 Å². The van der Waals surface area contributed by atoms with Gasteiger partial charge < -0.3 is 28.8 Å². The van der Waals surface area contributed by atoms with Crippen molar-refractivity contribution >= 4 is 60.7 Å². The van der Waals surface area contributed by atoms with Crippen LogP contribution in [0.1, 0.15) is 23.2 Å². The number of anilines is 1. The highest BCUT2D eigenvalue weighted by Crippen LogP contribution is 2.37. The number of carbonyl (C=O) groups is 1. The summed E-state index contributed by atoms with van der Waals surface area (Å²) in [5.74, 6) is -1.21. The monoisotopic (exact) mass is 623 g/mol. The molecule has 0 unspecified atom stereocenters. The summed E-state index contributed by atoms with van der Waals surface area (Å²) < 4.78 is 24.2. The van der Waals surface area contributed by atoms with Gasteiger partial charge in [0.15, 0.2) is 27.8 Å². The summed E-state index contributed by atoms with van der Waals surface area (Å²) in [5, 5.41) is 3.79. The zero-order valence-electron chi connectivity index (χ0n) is 26.0. The fraction of sp³-hybridized carbons (Fsp3) is 0.314. The summed E-state index contributed by atoms with van der Waals surface area (Å²) in [6, 6.07) is 10.9. The average Bonchev–Trinajstić information content (AvgIpc) is 3.04. The van der Waals surface area contributed by atoms with Gasteiger partial charge in [0.2, 0.25) is 5.43 Å². The Hall–Kier alpha value is -4.87. The maximum atomic E-state index is 16.1. The van der Waals surface area contributed by atoms with Gasteiger partial charge in [-0.2, -0.15) is 0 Å². The highest BCUT2D eigenvalue weighted by atomic mass is 19.1. The lowest BCUT2D eigenvalue weighted by Crippen LogP contribution is -2.45. The van der Waals surface area contributed by atoms with Crippen LogP contribution in [0.3, 0.4) is 0 Å². The molecule has 0 aliphatic carbocycles. The first-order valence-corrected chi connectivity index (χ1v) is 15.5. The van der Waals surface area contributed by atoms with Crippen LogP contribution in [0.25, 0.3) is 49.1 Å². The molecule has 0 atom stereocenters. The highest BCUT2D eigenvalue weighted by Gasteiger charge is 2.27. The number of halogens is 1. The lowest BCUT2D eigenvalue weighted by Gasteiger charge is -2.34. The van der Waals surface area contributed by atoms with E-state index in [-0.39, 0.29) is 49.4 Å². The Labute approximate surface area is 262 Å². The van der Waals surface area contributed by atoms with Crippen LogP contribution < -0.4 is 26.5 Å². The summed E-state index contributed by atoms with van der Waals surface area (Å²) in [5.41, 5.74) is -0.184. The fourth-order valence-electron chi connectivity index (χ4n) is 6.53. The van der Waals surface area contributed by atoms with Crippen molar-refractivity contribution in [1.82, 2.24) is 19.5 Å². The number of unbranched alkanes of at least 4 members (excludes halogenated alkanes) is 1. The minimum Gasteiger partial charge on any atom is -0.451 e. The van der Waals surface area contributed by atoms with Gasteiger partial charge in [0, 0.05) is 60.5 Å². The van der Waals surface area contributed by atoms with Gasteiger partial charge in [-0.25, -0.2) is 4.39 Å². The van der Waals surface area contributed by atoms with E-state index in [0.717, 1.165) is 19.4 Å². The minimum atomic E-state index is -0.640. The van der Waals surface area contributed by atoms with E-state index in [1.54, 1.807) is 34.7 Å². The molecule has 1 fully saturated rings. The molecule has 11 heteroatoms. The number of rotatable bonds is 7. The Kier molecular flexibility index (Phi) is 7.45. The summed E-state index contributed by atoms with van der Waals surface area (Å²) in [6.07, 6.45) is 3.02. The molecule has 4 aromatic carbocycles. The Bertz CT molecular complexity index is 2360. The number of nitrogens with one attached hydrogen (secondary N) is 1. The second-order valence-corrected chi connectivity index (χ2v) is 12.4. The molecule has 6 aromatic rings. The van der Waals surface area contributed by atoms with Crippen molar-refractivity contribution in [1.29, 1.82) is 0 Å². The predicted molar refractivity (Wildman–Crippen MR) is 179 cm³/mol. The second kappa shape index (κ2) is 11.5. The number of hydrogen-bond acceptors (Lipinski definition) is 8. The number of amides is 1. The van der Waals surface area contributed by atoms with Crippen molar-refractivity contribution < 1.29 is 13.6 Å². The third-order valence-corrected chi connectivity index (χ3v) is 9.03. The van der Waals surface area contributed by atoms with Crippen molar-refractivity contribution in [2.45, 2.75) is 12.8 Å². The van der Waals surface area contributed by atoms with Gasteiger partial charge in [-0.15, -0.1) is 0 Å². The Morgan fingerprint density at radius 1 is 0.891 bits per heavy atom. The summed E-state index contributed by atoms with van der Waals surface area (Å²) in [7, 11) is 5.95. The zero-order chi connectivity index (χ0) is 32.3. The first kappa shape index (κ1) is 29.8. The lowest BCUT2D eigenvalue weighted by molar-refractivity contribution is 0.0951. The number of pyridine rings is 1. The molecule has 1 aliphatic heterocycles. The standard InChI is InChI=1S/C35H34FN5O5/c1-38(2)11-7-6-10-37-35(45)25-19-41-27-17-22-23(32(43)21-9-5-4-8-20(21)31(22)42)18-28(27)46-34-29(41)24(33(25)44)16-26(36)30(34)40-14-12-39(3)13-15-40/h4-5,8-9,16-19H,6-7,10-15H2,1-3H3,(H,37,45). The quantitative estimate of drug-likeness (QED) is 0.163. The van der Waals surface area contributed by atoms with E-state index in [2.05, 4.69) is 15.1 Å². The molecule has 7 rings (SSSR count). The van der Waals surface area contributed by atoms with E-state index in [1.165, 1.54) is 18.3 Å². The molecule has 46 heavy (non-hydrogen) atoms. The molecule has 3 heterocycles. The molecule has 0 bridgehead atoms. The third-order valence-electron chi connectivity index (χ3n) is 9.03. The zero-order valence-corrected chi connectivity index (χ0v) is 26.0. The van der Waals surface area contributed by atoms with E-state index >= 15 is 4.39 Å². The first-order chi connectivity index (χ1) is 22.1. The average molecular weight is 624 g/mol. The van der Waals surface area contributed by atoms with Crippen molar-refractivity contribution in [3.63, 3.8) is 0 Å².